The van der Waals surface area contributed by atoms with Crippen LogP contribution in [0.2, 0.25) is 5.02 Å². The zero-order chi connectivity index (χ0) is 15.1. The first-order chi connectivity index (χ1) is 9.45. The molecule has 0 fully saturated rings. The number of rotatable bonds is 6. The summed E-state index contributed by atoms with van der Waals surface area (Å²) in [6.07, 6.45) is 0.648. The molecule has 0 N–H and O–H groups in total. The molecule has 0 saturated carbocycles. The van der Waals surface area contributed by atoms with Gasteiger partial charge in [0, 0.05) is 30.6 Å². The molecule has 6 heteroatoms. The first-order valence-corrected chi connectivity index (χ1v) is 6.57. The number of ether oxygens (including phenoxy) is 1. The van der Waals surface area contributed by atoms with Gasteiger partial charge in [0.1, 0.15) is 5.82 Å². The van der Waals surface area contributed by atoms with Crippen LogP contribution in [0.1, 0.15) is 18.4 Å². The number of likely N-dealkylation sites (N-methyl/N-ethyl adjacent to an activating group) is 1. The summed E-state index contributed by atoms with van der Waals surface area (Å²) in [5, 5.41) is 0.237. The monoisotopic (exact) mass is 301 g/mol. The number of amides is 1. The minimum Gasteiger partial charge on any atom is -0.469 e. The normalized spacial score (nSPS) is 10.2. The van der Waals surface area contributed by atoms with E-state index in [1.165, 1.54) is 24.1 Å². The van der Waals surface area contributed by atoms with Crippen molar-refractivity contribution < 1.29 is 18.7 Å². The van der Waals surface area contributed by atoms with Crippen LogP contribution >= 0.6 is 11.6 Å². The average molecular weight is 302 g/mol. The Morgan fingerprint density at radius 1 is 1.40 bits per heavy atom. The molecule has 0 unspecified atom stereocenters. The summed E-state index contributed by atoms with van der Waals surface area (Å²) in [6, 6.07) is 4.31. The predicted molar refractivity (Wildman–Crippen MR) is 74.0 cm³/mol. The number of hydrogen-bond acceptors (Lipinski definition) is 3. The summed E-state index contributed by atoms with van der Waals surface area (Å²) in [4.78, 5) is 24.3. The van der Waals surface area contributed by atoms with E-state index < -0.39 is 5.82 Å². The lowest BCUT2D eigenvalue weighted by Gasteiger charge is -2.17. The van der Waals surface area contributed by atoms with Crippen molar-refractivity contribution in [2.75, 3.05) is 20.7 Å². The second-order valence-corrected chi connectivity index (χ2v) is 4.78. The van der Waals surface area contributed by atoms with Gasteiger partial charge >= 0.3 is 5.97 Å². The van der Waals surface area contributed by atoms with Crippen molar-refractivity contribution in [2.45, 2.75) is 19.3 Å². The molecule has 1 aromatic carbocycles. The molecule has 0 atom stereocenters. The first-order valence-electron chi connectivity index (χ1n) is 6.19. The fraction of sp³-hybridized carbons (Fsp3) is 0.429. The second-order valence-electron chi connectivity index (χ2n) is 4.37. The third-order valence-corrected chi connectivity index (χ3v) is 3.27. The predicted octanol–water partition coefficient (Wildman–Crippen LogP) is 2.43. The summed E-state index contributed by atoms with van der Waals surface area (Å²) < 4.78 is 18.1. The van der Waals surface area contributed by atoms with Crippen molar-refractivity contribution in [1.82, 2.24) is 4.90 Å². The molecule has 110 valence electrons. The molecule has 1 amide bonds. The fourth-order valence-corrected chi connectivity index (χ4v) is 1.90. The van der Waals surface area contributed by atoms with Crippen LogP contribution in [0.5, 0.6) is 0 Å². The summed E-state index contributed by atoms with van der Waals surface area (Å²) in [6.45, 7) is 0.403. The molecule has 0 aliphatic heterocycles. The van der Waals surface area contributed by atoms with Crippen molar-refractivity contribution in [3.8, 4) is 0 Å². The van der Waals surface area contributed by atoms with Crippen molar-refractivity contribution in [3.05, 3.63) is 34.6 Å². The minimum absolute atomic E-state index is 0.0970. The highest BCUT2D eigenvalue weighted by Crippen LogP contribution is 2.20. The largest absolute Gasteiger partial charge is 0.469 e. The van der Waals surface area contributed by atoms with Crippen LogP contribution in [0.25, 0.3) is 0 Å². The molecule has 0 aromatic heterocycles. The van der Waals surface area contributed by atoms with Gasteiger partial charge in [-0.25, -0.2) is 4.39 Å². The average Bonchev–Trinajstić information content (AvgIpc) is 2.42. The Balaban J connectivity index is 2.52. The van der Waals surface area contributed by atoms with Crippen LogP contribution in [0.3, 0.4) is 0 Å². The van der Waals surface area contributed by atoms with Gasteiger partial charge < -0.3 is 9.64 Å². The third kappa shape index (κ3) is 4.81. The van der Waals surface area contributed by atoms with Gasteiger partial charge in [-0.05, 0) is 18.6 Å². The van der Waals surface area contributed by atoms with E-state index in [9.17, 15) is 14.0 Å². The van der Waals surface area contributed by atoms with E-state index in [4.69, 9.17) is 11.6 Å². The summed E-state index contributed by atoms with van der Waals surface area (Å²) >= 11 is 5.87. The molecular formula is C14H17ClFNO3. The highest BCUT2D eigenvalue weighted by Gasteiger charge is 2.15. The van der Waals surface area contributed by atoms with E-state index in [0.717, 1.165) is 0 Å². The molecule has 0 radical (unpaired) electrons. The summed E-state index contributed by atoms with van der Waals surface area (Å²) in [5.74, 6) is -1.06. The molecule has 20 heavy (non-hydrogen) atoms. The number of esters is 1. The minimum atomic E-state index is -0.492. The highest BCUT2D eigenvalue weighted by atomic mass is 35.5. The lowest BCUT2D eigenvalue weighted by molar-refractivity contribution is -0.141. The topological polar surface area (TPSA) is 46.6 Å². The Hall–Kier alpha value is -1.62. The van der Waals surface area contributed by atoms with Crippen molar-refractivity contribution in [2.24, 2.45) is 0 Å². The Kier molecular flexibility index (Phi) is 6.45. The number of methoxy groups -OCH3 is 1. The number of halogens is 2. The molecule has 0 heterocycles. The van der Waals surface area contributed by atoms with E-state index in [0.29, 0.717) is 13.0 Å². The molecule has 1 rings (SSSR count). The molecule has 0 aliphatic rings. The van der Waals surface area contributed by atoms with Gasteiger partial charge in [0.05, 0.1) is 13.5 Å². The van der Waals surface area contributed by atoms with Crippen LogP contribution in [-0.4, -0.2) is 37.5 Å². The van der Waals surface area contributed by atoms with Crippen LogP contribution in [0.15, 0.2) is 18.2 Å². The fourth-order valence-electron chi connectivity index (χ4n) is 1.67. The van der Waals surface area contributed by atoms with Crippen molar-refractivity contribution >= 4 is 23.5 Å². The number of nitrogens with zero attached hydrogens (tertiary/aromatic N) is 1. The maximum absolute atomic E-state index is 13.6. The number of carbonyl (C=O) groups is 2. The quantitative estimate of drug-likeness (QED) is 0.758. The maximum atomic E-state index is 13.6. The third-order valence-electron chi connectivity index (χ3n) is 2.92. The molecular weight excluding hydrogens is 285 g/mol. The van der Waals surface area contributed by atoms with E-state index >= 15 is 0 Å². The van der Waals surface area contributed by atoms with Crippen molar-refractivity contribution in [3.63, 3.8) is 0 Å². The van der Waals surface area contributed by atoms with Gasteiger partial charge in [-0.3, -0.25) is 9.59 Å². The zero-order valence-corrected chi connectivity index (χ0v) is 12.2. The van der Waals surface area contributed by atoms with E-state index in [-0.39, 0.29) is 35.3 Å². The standard InChI is InChI=1S/C14H17ClFNO3/c1-17(8-4-7-14(19)20-2)13(18)9-10-11(15)5-3-6-12(10)16/h3,5-6H,4,7-9H2,1-2H3. The zero-order valence-electron chi connectivity index (χ0n) is 11.5. The first kappa shape index (κ1) is 16.4. The van der Waals surface area contributed by atoms with Gasteiger partial charge in [-0.2, -0.15) is 0 Å². The Bertz CT molecular complexity index is 473. The molecule has 0 saturated heterocycles. The van der Waals surface area contributed by atoms with Crippen molar-refractivity contribution in [1.29, 1.82) is 0 Å². The van der Waals surface area contributed by atoms with E-state index in [1.807, 2.05) is 0 Å². The number of benzene rings is 1. The molecule has 0 spiro atoms. The van der Waals surface area contributed by atoms with E-state index in [2.05, 4.69) is 4.74 Å². The molecule has 0 bridgehead atoms. The molecule has 4 nitrogen and oxygen atoms in total. The van der Waals surface area contributed by atoms with E-state index in [1.54, 1.807) is 13.1 Å². The van der Waals surface area contributed by atoms with Crippen LogP contribution in [0.4, 0.5) is 4.39 Å². The SMILES string of the molecule is COC(=O)CCCN(C)C(=O)Cc1c(F)cccc1Cl. The Morgan fingerprint density at radius 3 is 2.70 bits per heavy atom. The highest BCUT2D eigenvalue weighted by molar-refractivity contribution is 6.31. The van der Waals surface area contributed by atoms with Gasteiger partial charge in [0.25, 0.3) is 0 Å². The Morgan fingerprint density at radius 2 is 2.10 bits per heavy atom. The number of carbonyl (C=O) groups excluding carboxylic acids is 2. The lowest BCUT2D eigenvalue weighted by atomic mass is 10.1. The van der Waals surface area contributed by atoms with Gasteiger partial charge in [0.2, 0.25) is 5.91 Å². The van der Waals surface area contributed by atoms with Crippen LogP contribution < -0.4 is 0 Å². The lowest BCUT2D eigenvalue weighted by Crippen LogP contribution is -2.29. The number of hydrogen-bond donors (Lipinski definition) is 0. The van der Waals surface area contributed by atoms with Gasteiger partial charge in [-0.1, -0.05) is 17.7 Å². The molecule has 1 aromatic rings. The van der Waals surface area contributed by atoms with Crippen LogP contribution in [-0.2, 0) is 20.7 Å². The smallest absolute Gasteiger partial charge is 0.305 e. The second kappa shape index (κ2) is 7.85. The van der Waals surface area contributed by atoms with Crippen LogP contribution in [0, 0.1) is 5.82 Å². The molecule has 0 aliphatic carbocycles. The van der Waals surface area contributed by atoms with Gasteiger partial charge in [-0.15, -0.1) is 0 Å². The summed E-state index contributed by atoms with van der Waals surface area (Å²) in [5.41, 5.74) is 0.194. The Labute approximate surface area is 122 Å². The van der Waals surface area contributed by atoms with Gasteiger partial charge in [0.15, 0.2) is 0 Å². The summed E-state index contributed by atoms with van der Waals surface area (Å²) in [7, 11) is 2.92. The maximum Gasteiger partial charge on any atom is 0.305 e.